The Hall–Kier alpha value is -2.48. The lowest BCUT2D eigenvalue weighted by atomic mass is 9.91. The number of hydrogen-bond donors (Lipinski definition) is 0. The number of aryl methyl sites for hydroxylation is 1. The molecule has 0 heterocycles. The molecule has 0 aliphatic heterocycles. The summed E-state index contributed by atoms with van der Waals surface area (Å²) in [5.74, 6) is 1.86. The molecule has 0 saturated carbocycles. The summed E-state index contributed by atoms with van der Waals surface area (Å²) in [7, 11) is 3.46. The van der Waals surface area contributed by atoms with Gasteiger partial charge in [-0.3, -0.25) is 0 Å². The first-order valence-electron chi connectivity index (χ1n) is 8.55. The minimum Gasteiger partial charge on any atom is -0.497 e. The highest BCUT2D eigenvalue weighted by molar-refractivity contribution is 5.95. The standard InChI is InChI=1S/C22H22O2/c1-4-5-19-20-13-17(24-3)7-6-14(20)11-21-18-9-8-16(23-2)10-15(18)12-22(19)21/h6-11,13H,4-5,12H2,1-3H3. The molecule has 2 heteroatoms. The van der Waals surface area contributed by atoms with Crippen molar-refractivity contribution in [1.82, 2.24) is 0 Å². The van der Waals surface area contributed by atoms with Gasteiger partial charge in [0.15, 0.2) is 0 Å². The second kappa shape index (κ2) is 5.86. The summed E-state index contributed by atoms with van der Waals surface area (Å²) >= 11 is 0. The molecule has 3 aromatic carbocycles. The predicted octanol–water partition coefficient (Wildman–Crippen LogP) is 5.38. The molecule has 0 saturated heterocycles. The Labute approximate surface area is 143 Å². The minimum absolute atomic E-state index is 0.928. The lowest BCUT2D eigenvalue weighted by molar-refractivity contribution is 0.414. The van der Waals surface area contributed by atoms with Gasteiger partial charge >= 0.3 is 0 Å². The van der Waals surface area contributed by atoms with E-state index in [-0.39, 0.29) is 0 Å². The van der Waals surface area contributed by atoms with E-state index < -0.39 is 0 Å². The first kappa shape index (κ1) is 15.1. The number of ether oxygens (including phenoxy) is 2. The SMILES string of the molecule is CCCc1c2c(cc3ccc(OC)cc13)-c1ccc(OC)cc1C2. The Morgan fingerprint density at radius 3 is 2.38 bits per heavy atom. The topological polar surface area (TPSA) is 18.5 Å². The van der Waals surface area contributed by atoms with E-state index in [2.05, 4.69) is 43.3 Å². The third-order valence-electron chi connectivity index (χ3n) is 5.04. The predicted molar refractivity (Wildman–Crippen MR) is 99.3 cm³/mol. The Morgan fingerprint density at radius 1 is 0.875 bits per heavy atom. The molecule has 0 atom stereocenters. The van der Waals surface area contributed by atoms with Crippen LogP contribution in [0.2, 0.25) is 0 Å². The third-order valence-corrected chi connectivity index (χ3v) is 5.04. The van der Waals surface area contributed by atoms with Crippen molar-refractivity contribution < 1.29 is 9.47 Å². The van der Waals surface area contributed by atoms with Crippen LogP contribution in [0.1, 0.15) is 30.0 Å². The van der Waals surface area contributed by atoms with Gasteiger partial charge < -0.3 is 9.47 Å². The second-order valence-corrected chi connectivity index (χ2v) is 6.42. The van der Waals surface area contributed by atoms with Crippen LogP contribution >= 0.6 is 0 Å². The van der Waals surface area contributed by atoms with Gasteiger partial charge in [-0.1, -0.05) is 25.5 Å². The van der Waals surface area contributed by atoms with E-state index in [1.54, 1.807) is 14.2 Å². The van der Waals surface area contributed by atoms with Crippen LogP contribution in [0.25, 0.3) is 21.9 Å². The van der Waals surface area contributed by atoms with E-state index in [1.165, 1.54) is 38.6 Å². The lowest BCUT2D eigenvalue weighted by Gasteiger charge is -2.14. The van der Waals surface area contributed by atoms with Gasteiger partial charge in [0.25, 0.3) is 0 Å². The average Bonchev–Trinajstić information content (AvgIpc) is 2.98. The maximum absolute atomic E-state index is 5.45. The molecule has 122 valence electrons. The molecule has 0 fully saturated rings. The average molecular weight is 318 g/mol. The summed E-state index contributed by atoms with van der Waals surface area (Å²) in [5.41, 5.74) is 7.04. The summed E-state index contributed by atoms with van der Waals surface area (Å²) < 4.78 is 10.9. The van der Waals surface area contributed by atoms with Crippen molar-refractivity contribution in [3.63, 3.8) is 0 Å². The fourth-order valence-corrected chi connectivity index (χ4v) is 3.89. The van der Waals surface area contributed by atoms with Crippen molar-refractivity contribution in [2.45, 2.75) is 26.2 Å². The highest BCUT2D eigenvalue weighted by Gasteiger charge is 2.23. The molecular weight excluding hydrogens is 296 g/mol. The van der Waals surface area contributed by atoms with Gasteiger partial charge in [0, 0.05) is 0 Å². The molecule has 0 unspecified atom stereocenters. The lowest BCUT2D eigenvalue weighted by Crippen LogP contribution is -1.95. The summed E-state index contributed by atoms with van der Waals surface area (Å²) in [6.45, 7) is 2.25. The second-order valence-electron chi connectivity index (χ2n) is 6.42. The summed E-state index contributed by atoms with van der Waals surface area (Å²) in [4.78, 5) is 0. The molecular formula is C22H22O2. The quantitative estimate of drug-likeness (QED) is 0.503. The van der Waals surface area contributed by atoms with E-state index in [1.807, 2.05) is 6.07 Å². The van der Waals surface area contributed by atoms with Gasteiger partial charge in [0.2, 0.25) is 0 Å². The molecule has 24 heavy (non-hydrogen) atoms. The summed E-state index contributed by atoms with van der Waals surface area (Å²) in [5, 5.41) is 2.62. The minimum atomic E-state index is 0.928. The smallest absolute Gasteiger partial charge is 0.119 e. The van der Waals surface area contributed by atoms with Crippen molar-refractivity contribution in [2.24, 2.45) is 0 Å². The van der Waals surface area contributed by atoms with Crippen LogP contribution in [0.3, 0.4) is 0 Å². The molecule has 3 aromatic rings. The van der Waals surface area contributed by atoms with E-state index in [0.717, 1.165) is 30.8 Å². The first-order valence-corrected chi connectivity index (χ1v) is 8.55. The van der Waals surface area contributed by atoms with Gasteiger partial charge in [-0.25, -0.2) is 0 Å². The van der Waals surface area contributed by atoms with Gasteiger partial charge in [0.05, 0.1) is 14.2 Å². The van der Waals surface area contributed by atoms with Gasteiger partial charge in [0.1, 0.15) is 11.5 Å². The van der Waals surface area contributed by atoms with Crippen LogP contribution in [-0.4, -0.2) is 14.2 Å². The van der Waals surface area contributed by atoms with Crippen molar-refractivity contribution in [3.8, 4) is 22.6 Å². The van der Waals surface area contributed by atoms with Crippen molar-refractivity contribution in [2.75, 3.05) is 14.2 Å². The molecule has 2 nitrogen and oxygen atoms in total. The van der Waals surface area contributed by atoms with Crippen LogP contribution in [0.5, 0.6) is 11.5 Å². The molecule has 1 aliphatic carbocycles. The summed E-state index contributed by atoms with van der Waals surface area (Å²) in [6, 6.07) is 15.2. The van der Waals surface area contributed by atoms with Crippen LogP contribution in [-0.2, 0) is 12.8 Å². The number of rotatable bonds is 4. The maximum atomic E-state index is 5.45. The zero-order chi connectivity index (χ0) is 16.7. The Bertz CT molecular complexity index is 925. The Morgan fingerprint density at radius 2 is 1.62 bits per heavy atom. The molecule has 0 N–H and O–H groups in total. The van der Waals surface area contributed by atoms with E-state index in [4.69, 9.17) is 9.47 Å². The first-order chi connectivity index (χ1) is 11.7. The van der Waals surface area contributed by atoms with Crippen LogP contribution in [0.15, 0.2) is 42.5 Å². The highest BCUT2D eigenvalue weighted by atomic mass is 16.5. The Balaban J connectivity index is 1.97. The Kier molecular flexibility index (Phi) is 3.68. The van der Waals surface area contributed by atoms with Crippen molar-refractivity contribution in [1.29, 1.82) is 0 Å². The molecule has 0 spiro atoms. The van der Waals surface area contributed by atoms with Crippen molar-refractivity contribution >= 4 is 10.8 Å². The third kappa shape index (κ3) is 2.25. The van der Waals surface area contributed by atoms with Crippen LogP contribution in [0, 0.1) is 0 Å². The van der Waals surface area contributed by atoms with E-state index in [0.29, 0.717) is 0 Å². The highest BCUT2D eigenvalue weighted by Crippen LogP contribution is 2.43. The zero-order valence-electron chi connectivity index (χ0n) is 14.5. The number of methoxy groups -OCH3 is 2. The van der Waals surface area contributed by atoms with Gasteiger partial charge in [-0.2, -0.15) is 0 Å². The largest absolute Gasteiger partial charge is 0.497 e. The van der Waals surface area contributed by atoms with Crippen LogP contribution in [0.4, 0.5) is 0 Å². The van der Waals surface area contributed by atoms with Gasteiger partial charge in [-0.05, 0) is 81.8 Å². The molecule has 0 amide bonds. The molecule has 1 aliphatic rings. The molecule has 0 radical (unpaired) electrons. The monoisotopic (exact) mass is 318 g/mol. The zero-order valence-corrected chi connectivity index (χ0v) is 14.5. The number of fused-ring (bicyclic) bond motifs is 4. The van der Waals surface area contributed by atoms with E-state index in [9.17, 15) is 0 Å². The van der Waals surface area contributed by atoms with Crippen molar-refractivity contribution in [3.05, 3.63) is 59.2 Å². The van der Waals surface area contributed by atoms with Crippen LogP contribution < -0.4 is 9.47 Å². The maximum Gasteiger partial charge on any atom is 0.119 e. The molecule has 4 rings (SSSR count). The molecule has 0 bridgehead atoms. The fourth-order valence-electron chi connectivity index (χ4n) is 3.89. The molecule has 0 aromatic heterocycles. The summed E-state index contributed by atoms with van der Waals surface area (Å²) in [6.07, 6.45) is 3.23. The number of hydrogen-bond acceptors (Lipinski definition) is 2. The normalized spacial score (nSPS) is 12.1. The number of benzene rings is 3. The van der Waals surface area contributed by atoms with Gasteiger partial charge in [-0.15, -0.1) is 0 Å². The van der Waals surface area contributed by atoms with E-state index >= 15 is 0 Å². The fraction of sp³-hybridized carbons (Fsp3) is 0.273.